The van der Waals surface area contributed by atoms with E-state index in [-0.39, 0.29) is 19.1 Å². The Kier molecular flexibility index (Phi) is 6.21. The second-order valence-corrected chi connectivity index (χ2v) is 5.88. The fourth-order valence-electron chi connectivity index (χ4n) is 2.20. The largest absolute Gasteiger partial charge is 0.395 e. The van der Waals surface area contributed by atoms with Gasteiger partial charge in [-0.3, -0.25) is 9.69 Å². The van der Waals surface area contributed by atoms with E-state index in [4.69, 9.17) is 10.2 Å². The summed E-state index contributed by atoms with van der Waals surface area (Å²) >= 11 is 1.40. The van der Waals surface area contributed by atoms with Gasteiger partial charge >= 0.3 is 0 Å². The number of aliphatic hydroxyl groups excluding tert-OH is 2. The lowest BCUT2D eigenvalue weighted by Crippen LogP contribution is -2.49. The summed E-state index contributed by atoms with van der Waals surface area (Å²) in [6, 6.07) is 3.67. The standard InChI is InChI=1S/C15H20N2O3S/c18-11-2-1-3-13-4-5-14(21-13)15(20)17-8-6-16(7-9-17)10-12-19/h4-5,18-19H,2,6-12H2. The van der Waals surface area contributed by atoms with Crippen LogP contribution in [0.2, 0.25) is 0 Å². The Morgan fingerprint density at radius 2 is 1.95 bits per heavy atom. The summed E-state index contributed by atoms with van der Waals surface area (Å²) in [5.74, 6) is 5.86. The van der Waals surface area contributed by atoms with E-state index in [9.17, 15) is 4.79 Å². The van der Waals surface area contributed by atoms with Gasteiger partial charge in [0.1, 0.15) is 0 Å². The first-order valence-electron chi connectivity index (χ1n) is 7.06. The summed E-state index contributed by atoms with van der Waals surface area (Å²) in [4.78, 5) is 18.0. The van der Waals surface area contributed by atoms with Crippen LogP contribution in [0, 0.1) is 11.8 Å². The number of nitrogens with zero attached hydrogens (tertiary/aromatic N) is 2. The first-order chi connectivity index (χ1) is 10.2. The molecule has 1 fully saturated rings. The van der Waals surface area contributed by atoms with E-state index >= 15 is 0 Å². The lowest BCUT2D eigenvalue weighted by molar-refractivity contribution is 0.0619. The normalized spacial score (nSPS) is 15.6. The number of amides is 1. The first kappa shape index (κ1) is 16.0. The highest BCUT2D eigenvalue weighted by Gasteiger charge is 2.22. The molecule has 1 aromatic rings. The molecule has 0 unspecified atom stereocenters. The Morgan fingerprint density at radius 1 is 1.19 bits per heavy atom. The second-order valence-electron chi connectivity index (χ2n) is 4.80. The molecule has 21 heavy (non-hydrogen) atoms. The molecule has 0 atom stereocenters. The third-order valence-corrected chi connectivity index (χ3v) is 4.33. The van der Waals surface area contributed by atoms with Crippen LogP contribution in [0.5, 0.6) is 0 Å². The summed E-state index contributed by atoms with van der Waals surface area (Å²) in [7, 11) is 0. The minimum absolute atomic E-state index is 0.0545. The van der Waals surface area contributed by atoms with Crippen molar-refractivity contribution in [2.75, 3.05) is 45.9 Å². The maximum absolute atomic E-state index is 12.4. The van der Waals surface area contributed by atoms with E-state index in [1.807, 2.05) is 17.0 Å². The molecule has 2 rings (SSSR count). The third-order valence-electron chi connectivity index (χ3n) is 3.34. The van der Waals surface area contributed by atoms with Gasteiger partial charge in [0.25, 0.3) is 5.91 Å². The molecule has 2 heterocycles. The van der Waals surface area contributed by atoms with E-state index in [2.05, 4.69) is 16.7 Å². The van der Waals surface area contributed by atoms with Gasteiger partial charge in [-0.2, -0.15) is 0 Å². The number of aliphatic hydroxyl groups is 2. The summed E-state index contributed by atoms with van der Waals surface area (Å²) in [5.41, 5.74) is 0. The molecular weight excluding hydrogens is 288 g/mol. The average Bonchev–Trinajstić information content (AvgIpc) is 2.97. The van der Waals surface area contributed by atoms with Gasteiger partial charge in [0.15, 0.2) is 0 Å². The molecule has 2 N–H and O–H groups in total. The monoisotopic (exact) mass is 308 g/mol. The van der Waals surface area contributed by atoms with E-state index in [1.54, 1.807) is 0 Å². The van der Waals surface area contributed by atoms with Gasteiger partial charge in [-0.1, -0.05) is 11.8 Å². The predicted molar refractivity (Wildman–Crippen MR) is 82.3 cm³/mol. The minimum atomic E-state index is 0.0545. The number of hydrogen-bond acceptors (Lipinski definition) is 5. The zero-order valence-corrected chi connectivity index (χ0v) is 12.7. The Balaban J connectivity index is 1.91. The van der Waals surface area contributed by atoms with Crippen LogP contribution in [0.15, 0.2) is 12.1 Å². The van der Waals surface area contributed by atoms with Crippen molar-refractivity contribution in [3.05, 3.63) is 21.9 Å². The topological polar surface area (TPSA) is 64.0 Å². The van der Waals surface area contributed by atoms with Crippen molar-refractivity contribution in [1.82, 2.24) is 9.80 Å². The number of hydrogen-bond donors (Lipinski definition) is 2. The lowest BCUT2D eigenvalue weighted by Gasteiger charge is -2.34. The quantitative estimate of drug-likeness (QED) is 0.782. The Hall–Kier alpha value is -1.39. The molecule has 114 valence electrons. The molecule has 0 aromatic carbocycles. The number of rotatable bonds is 4. The van der Waals surface area contributed by atoms with Gasteiger partial charge in [-0.25, -0.2) is 0 Å². The predicted octanol–water partition coefficient (Wildman–Crippen LogP) is 0.232. The minimum Gasteiger partial charge on any atom is -0.395 e. The van der Waals surface area contributed by atoms with E-state index in [0.29, 0.717) is 30.9 Å². The van der Waals surface area contributed by atoms with E-state index in [0.717, 1.165) is 18.0 Å². The van der Waals surface area contributed by atoms with Crippen LogP contribution in [0.4, 0.5) is 0 Å². The summed E-state index contributed by atoms with van der Waals surface area (Å²) in [5, 5.41) is 17.6. The summed E-state index contributed by atoms with van der Waals surface area (Å²) < 4.78 is 0. The summed E-state index contributed by atoms with van der Waals surface area (Å²) in [6.07, 6.45) is 0.452. The highest BCUT2D eigenvalue weighted by Crippen LogP contribution is 2.18. The molecule has 6 heteroatoms. The van der Waals surface area contributed by atoms with Gasteiger partial charge in [-0.15, -0.1) is 11.3 Å². The van der Waals surface area contributed by atoms with Crippen LogP contribution in [0.25, 0.3) is 0 Å². The van der Waals surface area contributed by atoms with Gasteiger partial charge in [0.05, 0.1) is 23.0 Å². The zero-order chi connectivity index (χ0) is 15.1. The molecule has 1 aliphatic heterocycles. The van der Waals surface area contributed by atoms with Crippen LogP contribution in [-0.2, 0) is 0 Å². The molecule has 0 aliphatic carbocycles. The molecule has 0 radical (unpaired) electrons. The van der Waals surface area contributed by atoms with Gasteiger partial charge < -0.3 is 15.1 Å². The third kappa shape index (κ3) is 4.55. The van der Waals surface area contributed by atoms with Crippen molar-refractivity contribution >= 4 is 17.2 Å². The van der Waals surface area contributed by atoms with Crippen molar-refractivity contribution in [3.8, 4) is 11.8 Å². The number of β-amino-alcohol motifs (C(OH)–C–C–N with tert-alkyl or cyclic N) is 1. The van der Waals surface area contributed by atoms with Gasteiger partial charge in [0.2, 0.25) is 0 Å². The molecule has 1 aromatic heterocycles. The maximum atomic E-state index is 12.4. The smallest absolute Gasteiger partial charge is 0.264 e. The lowest BCUT2D eigenvalue weighted by atomic mass is 10.3. The molecule has 5 nitrogen and oxygen atoms in total. The average molecular weight is 308 g/mol. The van der Waals surface area contributed by atoms with Crippen LogP contribution in [-0.4, -0.2) is 71.9 Å². The zero-order valence-electron chi connectivity index (χ0n) is 11.9. The van der Waals surface area contributed by atoms with Crippen molar-refractivity contribution in [2.24, 2.45) is 0 Å². The van der Waals surface area contributed by atoms with Crippen LogP contribution >= 0.6 is 11.3 Å². The van der Waals surface area contributed by atoms with Crippen LogP contribution in [0.1, 0.15) is 21.0 Å². The number of piperazine rings is 1. The molecule has 0 bridgehead atoms. The maximum Gasteiger partial charge on any atom is 0.264 e. The van der Waals surface area contributed by atoms with Crippen LogP contribution < -0.4 is 0 Å². The Labute approximate surface area is 128 Å². The van der Waals surface area contributed by atoms with Crippen molar-refractivity contribution in [1.29, 1.82) is 0 Å². The highest BCUT2D eigenvalue weighted by molar-refractivity contribution is 7.14. The molecule has 0 saturated carbocycles. The molecule has 0 spiro atoms. The fourth-order valence-corrected chi connectivity index (χ4v) is 3.05. The SMILES string of the molecule is O=C(c1ccc(C#CCCO)s1)N1CCN(CCO)CC1. The van der Waals surface area contributed by atoms with Crippen molar-refractivity contribution in [3.63, 3.8) is 0 Å². The van der Waals surface area contributed by atoms with E-state index < -0.39 is 0 Å². The number of carbonyl (C=O) groups excluding carboxylic acids is 1. The summed E-state index contributed by atoms with van der Waals surface area (Å²) in [6.45, 7) is 3.90. The van der Waals surface area contributed by atoms with Crippen molar-refractivity contribution < 1.29 is 15.0 Å². The van der Waals surface area contributed by atoms with E-state index in [1.165, 1.54) is 11.3 Å². The first-order valence-corrected chi connectivity index (χ1v) is 7.88. The Bertz CT molecular complexity index is 525. The number of carbonyl (C=O) groups is 1. The van der Waals surface area contributed by atoms with Crippen molar-refractivity contribution in [2.45, 2.75) is 6.42 Å². The molecular formula is C15H20N2O3S. The van der Waals surface area contributed by atoms with Gasteiger partial charge in [0, 0.05) is 39.1 Å². The number of thiophene rings is 1. The fraction of sp³-hybridized carbons (Fsp3) is 0.533. The molecule has 1 aliphatic rings. The Morgan fingerprint density at radius 3 is 2.62 bits per heavy atom. The highest BCUT2D eigenvalue weighted by atomic mass is 32.1. The molecule has 1 saturated heterocycles. The van der Waals surface area contributed by atoms with Crippen LogP contribution in [0.3, 0.4) is 0 Å². The molecule has 1 amide bonds. The second kappa shape index (κ2) is 8.15. The van der Waals surface area contributed by atoms with Gasteiger partial charge in [-0.05, 0) is 12.1 Å².